The Labute approximate surface area is 143 Å². The number of amides is 1. The minimum absolute atomic E-state index is 0.0207. The molecule has 8 heteroatoms. The van der Waals surface area contributed by atoms with E-state index in [-0.39, 0.29) is 17.6 Å². The highest BCUT2D eigenvalue weighted by molar-refractivity contribution is 7.99. The maximum absolute atomic E-state index is 13.7. The topological polar surface area (TPSA) is 94.5 Å². The van der Waals surface area contributed by atoms with Crippen molar-refractivity contribution >= 4 is 17.7 Å². The van der Waals surface area contributed by atoms with Crippen molar-refractivity contribution < 1.29 is 9.18 Å². The Bertz CT molecular complexity index is 770. The first-order valence-corrected chi connectivity index (χ1v) is 8.36. The molecule has 1 heterocycles. The lowest BCUT2D eigenvalue weighted by atomic mass is 9.90. The molecule has 2 N–H and O–H groups in total. The van der Waals surface area contributed by atoms with Crippen LogP contribution in [0.5, 0.6) is 0 Å². The Morgan fingerprint density at radius 2 is 2.21 bits per heavy atom. The monoisotopic (exact) mass is 347 g/mol. The molecule has 6 nitrogen and oxygen atoms in total. The molecule has 0 bridgehead atoms. The smallest absolute Gasteiger partial charge is 0.231 e. The Balaban J connectivity index is 1.98. The predicted molar refractivity (Wildman–Crippen MR) is 89.5 cm³/mol. The lowest BCUT2D eigenvalue weighted by molar-refractivity contribution is -0.120. The van der Waals surface area contributed by atoms with Gasteiger partial charge in [-0.3, -0.25) is 9.89 Å². The van der Waals surface area contributed by atoms with Crippen LogP contribution in [0, 0.1) is 23.1 Å². The summed E-state index contributed by atoms with van der Waals surface area (Å²) in [7, 11) is 0. The van der Waals surface area contributed by atoms with Gasteiger partial charge in [-0.15, -0.1) is 5.10 Å². The molecule has 0 saturated heterocycles. The summed E-state index contributed by atoms with van der Waals surface area (Å²) in [6.45, 7) is 5.42. The molecule has 2 rings (SSSR count). The fourth-order valence-corrected chi connectivity index (χ4v) is 2.44. The van der Waals surface area contributed by atoms with Crippen LogP contribution >= 0.6 is 11.8 Å². The SMILES string of the molecule is CC(C)C(C)(C#N)NC(=O)CSc1n[nH]c(-c2ccccc2F)n1. The molecule has 1 amide bonds. The van der Waals surface area contributed by atoms with Crippen LogP contribution in [-0.4, -0.2) is 32.4 Å². The normalized spacial score (nSPS) is 13.3. The van der Waals surface area contributed by atoms with Crippen molar-refractivity contribution in [1.29, 1.82) is 5.26 Å². The average Bonchev–Trinajstić information content (AvgIpc) is 3.01. The molecule has 0 aliphatic rings. The number of carbonyl (C=O) groups is 1. The van der Waals surface area contributed by atoms with Gasteiger partial charge in [-0.25, -0.2) is 9.37 Å². The molecule has 1 atom stereocenters. The summed E-state index contributed by atoms with van der Waals surface area (Å²) in [5.41, 5.74) is -0.604. The first-order valence-electron chi connectivity index (χ1n) is 7.38. The highest BCUT2D eigenvalue weighted by atomic mass is 32.2. The van der Waals surface area contributed by atoms with Crippen LogP contribution in [0.4, 0.5) is 4.39 Å². The number of aromatic amines is 1. The number of hydrogen-bond donors (Lipinski definition) is 2. The van der Waals surface area contributed by atoms with E-state index in [2.05, 4.69) is 26.6 Å². The van der Waals surface area contributed by atoms with Gasteiger partial charge in [-0.2, -0.15) is 5.26 Å². The van der Waals surface area contributed by atoms with E-state index in [1.54, 1.807) is 25.1 Å². The number of benzene rings is 1. The van der Waals surface area contributed by atoms with Gasteiger partial charge in [-0.1, -0.05) is 37.7 Å². The highest BCUT2D eigenvalue weighted by Crippen LogP contribution is 2.22. The second kappa shape index (κ2) is 7.45. The quantitative estimate of drug-likeness (QED) is 0.784. The largest absolute Gasteiger partial charge is 0.337 e. The summed E-state index contributed by atoms with van der Waals surface area (Å²) in [6, 6.07) is 8.35. The lowest BCUT2D eigenvalue weighted by Crippen LogP contribution is -2.49. The Hall–Kier alpha value is -2.40. The van der Waals surface area contributed by atoms with Crippen LogP contribution in [0.25, 0.3) is 11.4 Å². The Kier molecular flexibility index (Phi) is 5.57. The molecule has 1 aromatic heterocycles. The number of nitriles is 1. The summed E-state index contributed by atoms with van der Waals surface area (Å²) < 4.78 is 13.7. The van der Waals surface area contributed by atoms with Gasteiger partial charge in [0.1, 0.15) is 11.4 Å². The van der Waals surface area contributed by atoms with Crippen molar-refractivity contribution in [3.63, 3.8) is 0 Å². The molecule has 0 fully saturated rings. The zero-order valence-corrected chi connectivity index (χ0v) is 14.4. The van der Waals surface area contributed by atoms with Gasteiger partial charge >= 0.3 is 0 Å². The second-order valence-corrected chi connectivity index (χ2v) is 6.69. The van der Waals surface area contributed by atoms with Crippen molar-refractivity contribution in [2.45, 2.75) is 31.5 Å². The van der Waals surface area contributed by atoms with E-state index in [1.807, 2.05) is 13.8 Å². The Morgan fingerprint density at radius 1 is 1.50 bits per heavy atom. The van der Waals surface area contributed by atoms with Gasteiger partial charge in [0.05, 0.1) is 17.4 Å². The number of nitrogens with one attached hydrogen (secondary N) is 2. The van der Waals surface area contributed by atoms with E-state index in [0.29, 0.717) is 16.5 Å². The summed E-state index contributed by atoms with van der Waals surface area (Å²) >= 11 is 1.12. The average molecular weight is 347 g/mol. The van der Waals surface area contributed by atoms with E-state index in [0.717, 1.165) is 11.8 Å². The van der Waals surface area contributed by atoms with Crippen LogP contribution in [0.15, 0.2) is 29.4 Å². The molecule has 0 saturated carbocycles. The highest BCUT2D eigenvalue weighted by Gasteiger charge is 2.29. The van der Waals surface area contributed by atoms with Crippen molar-refractivity contribution in [1.82, 2.24) is 20.5 Å². The molecule has 0 aliphatic carbocycles. The van der Waals surface area contributed by atoms with Gasteiger partial charge in [0, 0.05) is 0 Å². The minimum atomic E-state index is -0.922. The fourth-order valence-electron chi connectivity index (χ4n) is 1.84. The number of thioether (sulfide) groups is 1. The number of hydrogen-bond acceptors (Lipinski definition) is 5. The molecule has 0 spiro atoms. The second-order valence-electron chi connectivity index (χ2n) is 5.75. The molecule has 1 unspecified atom stereocenters. The first kappa shape index (κ1) is 17.9. The maximum atomic E-state index is 13.7. The first-order chi connectivity index (χ1) is 11.4. The summed E-state index contributed by atoms with van der Waals surface area (Å²) in [5, 5.41) is 18.9. The van der Waals surface area contributed by atoms with Crippen LogP contribution in [-0.2, 0) is 4.79 Å². The van der Waals surface area contributed by atoms with E-state index >= 15 is 0 Å². The molecule has 1 aromatic carbocycles. The molecular weight excluding hydrogens is 329 g/mol. The van der Waals surface area contributed by atoms with Gasteiger partial charge in [0.25, 0.3) is 0 Å². The van der Waals surface area contributed by atoms with Crippen molar-refractivity contribution in [3.8, 4) is 17.5 Å². The molecule has 24 heavy (non-hydrogen) atoms. The Morgan fingerprint density at radius 3 is 2.83 bits per heavy atom. The van der Waals surface area contributed by atoms with Crippen molar-refractivity contribution in [2.24, 2.45) is 5.92 Å². The van der Waals surface area contributed by atoms with E-state index < -0.39 is 11.4 Å². The van der Waals surface area contributed by atoms with E-state index in [9.17, 15) is 14.4 Å². The third-order valence-corrected chi connectivity index (χ3v) is 4.56. The van der Waals surface area contributed by atoms with Crippen LogP contribution in [0.2, 0.25) is 0 Å². The summed E-state index contributed by atoms with van der Waals surface area (Å²) in [6.07, 6.45) is 0. The van der Waals surface area contributed by atoms with Gasteiger partial charge in [0.15, 0.2) is 5.82 Å². The molecular formula is C16H18FN5OS. The molecule has 126 valence electrons. The molecule has 0 radical (unpaired) electrons. The number of carbonyl (C=O) groups excluding carboxylic acids is 1. The standard InChI is InChI=1S/C16H18FN5OS/c1-10(2)16(3,9-18)20-13(23)8-24-15-19-14(21-22-15)11-6-4-5-7-12(11)17/h4-7,10H,8H2,1-3H3,(H,20,23)(H,19,21,22). The number of H-pyrrole nitrogens is 1. The molecule has 0 aliphatic heterocycles. The third-order valence-electron chi connectivity index (χ3n) is 3.71. The van der Waals surface area contributed by atoms with E-state index in [4.69, 9.17) is 0 Å². The lowest BCUT2D eigenvalue weighted by Gasteiger charge is -2.27. The van der Waals surface area contributed by atoms with Crippen molar-refractivity contribution in [2.75, 3.05) is 5.75 Å². The number of nitrogens with zero attached hydrogens (tertiary/aromatic N) is 3. The van der Waals surface area contributed by atoms with Crippen molar-refractivity contribution in [3.05, 3.63) is 30.1 Å². The van der Waals surface area contributed by atoms with Crippen LogP contribution in [0.3, 0.4) is 0 Å². The molecule has 2 aromatic rings. The minimum Gasteiger partial charge on any atom is -0.337 e. The zero-order chi connectivity index (χ0) is 17.7. The van der Waals surface area contributed by atoms with Gasteiger partial charge < -0.3 is 5.32 Å². The summed E-state index contributed by atoms with van der Waals surface area (Å²) in [4.78, 5) is 16.2. The fraction of sp³-hybridized carbons (Fsp3) is 0.375. The number of halogens is 1. The van der Waals surface area contributed by atoms with Gasteiger partial charge in [-0.05, 0) is 25.0 Å². The predicted octanol–water partition coefficient (Wildman–Crippen LogP) is 2.76. The zero-order valence-electron chi connectivity index (χ0n) is 13.6. The van der Waals surface area contributed by atoms with Crippen LogP contribution < -0.4 is 5.32 Å². The summed E-state index contributed by atoms with van der Waals surface area (Å²) in [5.74, 6) is -0.328. The number of rotatable bonds is 6. The third kappa shape index (κ3) is 4.11. The van der Waals surface area contributed by atoms with Crippen LogP contribution in [0.1, 0.15) is 20.8 Å². The van der Waals surface area contributed by atoms with E-state index in [1.165, 1.54) is 6.07 Å². The number of aromatic nitrogens is 3. The van der Waals surface area contributed by atoms with Gasteiger partial charge in [0.2, 0.25) is 11.1 Å². The maximum Gasteiger partial charge on any atom is 0.231 e.